The van der Waals surface area contributed by atoms with Crippen LogP contribution in [0.4, 0.5) is 14.7 Å². The molecule has 0 N–H and O–H groups in total. The summed E-state index contributed by atoms with van der Waals surface area (Å²) in [6, 6.07) is 0. The van der Waals surface area contributed by atoms with Gasteiger partial charge in [-0.3, -0.25) is 0 Å². The molecular weight excluding hydrogens is 176 g/mol. The summed E-state index contributed by atoms with van der Waals surface area (Å²) in [6.45, 7) is 1.32. The van der Waals surface area contributed by atoms with Gasteiger partial charge < -0.3 is 4.90 Å². The van der Waals surface area contributed by atoms with Crippen molar-refractivity contribution in [1.29, 1.82) is 0 Å². The van der Waals surface area contributed by atoms with Gasteiger partial charge in [-0.25, -0.2) is 18.7 Å². The Morgan fingerprint density at radius 3 is 2.31 bits per heavy atom. The average molecular weight is 185 g/mol. The molecule has 5 heteroatoms. The molecule has 2 heterocycles. The maximum absolute atomic E-state index is 12.5. The molecule has 0 aromatic carbocycles. The van der Waals surface area contributed by atoms with E-state index in [1.807, 2.05) is 6.92 Å². The van der Waals surface area contributed by atoms with Crippen molar-refractivity contribution in [2.24, 2.45) is 0 Å². The minimum absolute atomic E-state index is 0.268. The Morgan fingerprint density at radius 2 is 1.85 bits per heavy atom. The summed E-state index contributed by atoms with van der Waals surface area (Å²) in [4.78, 5) is 9.35. The Hall–Kier alpha value is -1.26. The molecule has 1 fully saturated rings. The highest BCUT2D eigenvalue weighted by Gasteiger charge is 2.44. The number of nitrogens with zero attached hydrogens (tertiary/aromatic N) is 3. The molecule has 0 amide bonds. The lowest BCUT2D eigenvalue weighted by molar-refractivity contribution is -0.0271. The standard InChI is InChI=1S/C8H9F2N3/c1-6-2-11-7(12-3-6)13-4-8(9,10)5-13/h2-3H,4-5H2,1H3. The van der Waals surface area contributed by atoms with E-state index in [0.29, 0.717) is 5.95 Å². The largest absolute Gasteiger partial charge is 0.329 e. The molecule has 0 bridgehead atoms. The van der Waals surface area contributed by atoms with Gasteiger partial charge in [0.15, 0.2) is 0 Å². The average Bonchev–Trinajstić information content (AvgIpc) is 2.01. The molecule has 0 atom stereocenters. The maximum atomic E-state index is 12.5. The predicted molar refractivity (Wildman–Crippen MR) is 43.9 cm³/mol. The van der Waals surface area contributed by atoms with Gasteiger partial charge in [0.1, 0.15) is 0 Å². The predicted octanol–water partition coefficient (Wildman–Crippen LogP) is 1.24. The number of aryl methyl sites for hydroxylation is 1. The van der Waals surface area contributed by atoms with Gasteiger partial charge in [0, 0.05) is 12.4 Å². The Kier molecular flexibility index (Phi) is 1.68. The van der Waals surface area contributed by atoms with Gasteiger partial charge >= 0.3 is 0 Å². The van der Waals surface area contributed by atoms with Crippen LogP contribution < -0.4 is 4.90 Å². The fourth-order valence-electron chi connectivity index (χ4n) is 1.20. The number of rotatable bonds is 1. The topological polar surface area (TPSA) is 29.0 Å². The first-order valence-electron chi connectivity index (χ1n) is 3.98. The number of anilines is 1. The lowest BCUT2D eigenvalue weighted by atomic mass is 10.2. The van der Waals surface area contributed by atoms with Crippen LogP contribution in [-0.4, -0.2) is 29.0 Å². The minimum Gasteiger partial charge on any atom is -0.329 e. The number of halogens is 2. The van der Waals surface area contributed by atoms with Crippen LogP contribution in [0.5, 0.6) is 0 Å². The quantitative estimate of drug-likeness (QED) is 0.659. The fraction of sp³-hybridized carbons (Fsp3) is 0.500. The number of alkyl halides is 2. The monoisotopic (exact) mass is 185 g/mol. The normalized spacial score (nSPS) is 19.8. The van der Waals surface area contributed by atoms with Gasteiger partial charge in [0.2, 0.25) is 5.95 Å². The van der Waals surface area contributed by atoms with E-state index in [0.717, 1.165) is 5.56 Å². The molecule has 0 saturated carbocycles. The van der Waals surface area contributed by atoms with Gasteiger partial charge in [0.05, 0.1) is 13.1 Å². The van der Waals surface area contributed by atoms with Crippen LogP contribution in [0, 0.1) is 6.92 Å². The Labute approximate surface area is 74.4 Å². The summed E-state index contributed by atoms with van der Waals surface area (Å²) in [7, 11) is 0. The minimum atomic E-state index is -2.56. The van der Waals surface area contributed by atoms with Gasteiger partial charge in [-0.15, -0.1) is 0 Å². The van der Waals surface area contributed by atoms with E-state index >= 15 is 0 Å². The molecule has 13 heavy (non-hydrogen) atoms. The Balaban J connectivity index is 2.08. The van der Waals surface area contributed by atoms with Crippen molar-refractivity contribution in [3.63, 3.8) is 0 Å². The second-order valence-electron chi connectivity index (χ2n) is 3.27. The third-order valence-electron chi connectivity index (χ3n) is 1.89. The zero-order valence-electron chi connectivity index (χ0n) is 7.17. The van der Waals surface area contributed by atoms with E-state index in [1.165, 1.54) is 4.90 Å². The van der Waals surface area contributed by atoms with Crippen LogP contribution in [0.2, 0.25) is 0 Å². The van der Waals surface area contributed by atoms with Crippen LogP contribution >= 0.6 is 0 Å². The number of hydrogen-bond acceptors (Lipinski definition) is 3. The summed E-state index contributed by atoms with van der Waals surface area (Å²) >= 11 is 0. The van der Waals surface area contributed by atoms with E-state index in [1.54, 1.807) is 12.4 Å². The van der Waals surface area contributed by atoms with Gasteiger partial charge in [0.25, 0.3) is 5.92 Å². The van der Waals surface area contributed by atoms with Crippen molar-refractivity contribution in [3.05, 3.63) is 18.0 Å². The number of aromatic nitrogens is 2. The maximum Gasteiger partial charge on any atom is 0.282 e. The molecular formula is C8H9F2N3. The van der Waals surface area contributed by atoms with Crippen molar-refractivity contribution in [2.75, 3.05) is 18.0 Å². The van der Waals surface area contributed by atoms with Crippen molar-refractivity contribution >= 4 is 5.95 Å². The molecule has 3 nitrogen and oxygen atoms in total. The van der Waals surface area contributed by atoms with Crippen molar-refractivity contribution in [3.8, 4) is 0 Å². The second-order valence-corrected chi connectivity index (χ2v) is 3.27. The van der Waals surface area contributed by atoms with Gasteiger partial charge in [-0.05, 0) is 12.5 Å². The third-order valence-corrected chi connectivity index (χ3v) is 1.89. The molecule has 0 aliphatic carbocycles. The first kappa shape index (κ1) is 8.34. The van der Waals surface area contributed by atoms with Gasteiger partial charge in [-0.2, -0.15) is 0 Å². The smallest absolute Gasteiger partial charge is 0.282 e. The summed E-state index contributed by atoms with van der Waals surface area (Å²) in [5.41, 5.74) is 0.927. The SMILES string of the molecule is Cc1cnc(N2CC(F)(F)C2)nc1. The van der Waals surface area contributed by atoms with Crippen LogP contribution in [0.1, 0.15) is 5.56 Å². The van der Waals surface area contributed by atoms with Gasteiger partial charge in [-0.1, -0.05) is 0 Å². The molecule has 1 aromatic heterocycles. The summed E-state index contributed by atoms with van der Waals surface area (Å²) < 4.78 is 24.9. The zero-order valence-corrected chi connectivity index (χ0v) is 7.17. The highest BCUT2D eigenvalue weighted by atomic mass is 19.3. The highest BCUT2D eigenvalue weighted by molar-refractivity contribution is 5.35. The molecule has 0 unspecified atom stereocenters. The Morgan fingerprint density at radius 1 is 1.31 bits per heavy atom. The van der Waals surface area contributed by atoms with E-state index < -0.39 is 5.92 Å². The molecule has 1 saturated heterocycles. The van der Waals surface area contributed by atoms with Crippen molar-refractivity contribution < 1.29 is 8.78 Å². The van der Waals surface area contributed by atoms with Crippen LogP contribution in [0.15, 0.2) is 12.4 Å². The lowest BCUT2D eigenvalue weighted by Gasteiger charge is -2.38. The van der Waals surface area contributed by atoms with Crippen LogP contribution in [0.3, 0.4) is 0 Å². The van der Waals surface area contributed by atoms with E-state index in [2.05, 4.69) is 9.97 Å². The van der Waals surface area contributed by atoms with Crippen LogP contribution in [0.25, 0.3) is 0 Å². The summed E-state index contributed by atoms with van der Waals surface area (Å²) in [5, 5.41) is 0. The van der Waals surface area contributed by atoms with E-state index in [-0.39, 0.29) is 13.1 Å². The molecule has 0 spiro atoms. The zero-order chi connectivity index (χ0) is 9.47. The first-order valence-corrected chi connectivity index (χ1v) is 3.98. The molecule has 1 aliphatic heterocycles. The van der Waals surface area contributed by atoms with Crippen molar-refractivity contribution in [1.82, 2.24) is 9.97 Å². The third kappa shape index (κ3) is 1.59. The fourth-order valence-corrected chi connectivity index (χ4v) is 1.20. The first-order chi connectivity index (χ1) is 6.07. The molecule has 1 aromatic rings. The Bertz CT molecular complexity index is 302. The lowest BCUT2D eigenvalue weighted by Crippen LogP contribution is -2.57. The second kappa shape index (κ2) is 2.61. The highest BCUT2D eigenvalue weighted by Crippen LogP contribution is 2.29. The van der Waals surface area contributed by atoms with Crippen LogP contribution in [-0.2, 0) is 0 Å². The molecule has 1 aliphatic rings. The molecule has 2 rings (SSSR count). The van der Waals surface area contributed by atoms with Crippen molar-refractivity contribution in [2.45, 2.75) is 12.8 Å². The molecule has 70 valence electrons. The van der Waals surface area contributed by atoms with E-state index in [9.17, 15) is 8.78 Å². The molecule has 0 radical (unpaired) electrons. The summed E-state index contributed by atoms with van der Waals surface area (Å²) in [6.07, 6.45) is 3.25. The number of hydrogen-bond donors (Lipinski definition) is 0. The summed E-state index contributed by atoms with van der Waals surface area (Å²) in [5.74, 6) is -2.18. The van der Waals surface area contributed by atoms with E-state index in [4.69, 9.17) is 0 Å².